The van der Waals surface area contributed by atoms with Gasteiger partial charge < -0.3 is 10.2 Å². The second-order valence-electron chi connectivity index (χ2n) is 5.70. The maximum absolute atomic E-state index is 12.0. The van der Waals surface area contributed by atoms with Crippen LogP contribution in [-0.2, 0) is 4.79 Å². The molecule has 21 heavy (non-hydrogen) atoms. The average molecular weight is 285 g/mol. The number of rotatable bonds is 8. The zero-order chi connectivity index (χ0) is 15.1. The predicted octanol–water partition coefficient (Wildman–Crippen LogP) is 3.01. The van der Waals surface area contributed by atoms with Gasteiger partial charge >= 0.3 is 0 Å². The first-order valence-electron chi connectivity index (χ1n) is 7.74. The molecule has 0 unspecified atom stereocenters. The van der Waals surface area contributed by atoms with E-state index in [1.54, 1.807) is 18.2 Å². The van der Waals surface area contributed by atoms with E-state index in [1.165, 1.54) is 12.8 Å². The molecular formula is C17H23N3O. The smallest absolute Gasteiger partial charge is 0.225 e. The maximum atomic E-state index is 12.0. The minimum Gasteiger partial charge on any atom is -0.325 e. The third kappa shape index (κ3) is 5.20. The van der Waals surface area contributed by atoms with E-state index in [-0.39, 0.29) is 5.91 Å². The lowest BCUT2D eigenvalue weighted by molar-refractivity contribution is -0.116. The summed E-state index contributed by atoms with van der Waals surface area (Å²) in [5, 5.41) is 11.9. The highest BCUT2D eigenvalue weighted by Crippen LogP contribution is 2.29. The van der Waals surface area contributed by atoms with Crippen molar-refractivity contribution >= 4 is 11.6 Å². The standard InChI is InChI=1S/C17H23N3O/c1-2-10-20(13-14-7-8-14)11-9-17(21)19-16-6-4-3-5-15(16)12-18/h3-6,14H,2,7-11,13H2,1H3,(H,19,21). The van der Waals surface area contributed by atoms with E-state index in [0.717, 1.165) is 32.0 Å². The Kier molecular flexibility index (Phi) is 5.77. The molecule has 4 nitrogen and oxygen atoms in total. The molecule has 0 atom stereocenters. The minimum atomic E-state index is -0.0189. The highest BCUT2D eigenvalue weighted by Gasteiger charge is 2.24. The third-order valence-electron chi connectivity index (χ3n) is 3.73. The highest BCUT2D eigenvalue weighted by molar-refractivity contribution is 5.92. The number of nitriles is 1. The molecule has 1 aliphatic carbocycles. The van der Waals surface area contributed by atoms with E-state index >= 15 is 0 Å². The van der Waals surface area contributed by atoms with Crippen LogP contribution in [0.25, 0.3) is 0 Å². The summed E-state index contributed by atoms with van der Waals surface area (Å²) in [4.78, 5) is 14.4. The van der Waals surface area contributed by atoms with Gasteiger partial charge in [0.05, 0.1) is 11.3 Å². The van der Waals surface area contributed by atoms with Crippen molar-refractivity contribution in [3.63, 3.8) is 0 Å². The van der Waals surface area contributed by atoms with Crippen LogP contribution in [-0.4, -0.2) is 30.4 Å². The fourth-order valence-corrected chi connectivity index (χ4v) is 2.44. The van der Waals surface area contributed by atoms with Gasteiger partial charge in [-0.15, -0.1) is 0 Å². The number of nitrogens with one attached hydrogen (secondary N) is 1. The van der Waals surface area contributed by atoms with E-state index in [2.05, 4.69) is 23.2 Å². The summed E-state index contributed by atoms with van der Waals surface area (Å²) in [6.45, 7) is 5.14. The first-order valence-corrected chi connectivity index (χ1v) is 7.74. The second kappa shape index (κ2) is 7.80. The van der Waals surface area contributed by atoms with Crippen molar-refractivity contribution in [2.24, 2.45) is 5.92 Å². The number of anilines is 1. The summed E-state index contributed by atoms with van der Waals surface area (Å²) in [6.07, 6.45) is 4.27. The molecule has 4 heteroatoms. The number of hydrogen-bond acceptors (Lipinski definition) is 3. The number of carbonyl (C=O) groups excluding carboxylic acids is 1. The monoisotopic (exact) mass is 285 g/mol. The van der Waals surface area contributed by atoms with Crippen molar-refractivity contribution in [1.82, 2.24) is 4.90 Å². The first kappa shape index (κ1) is 15.5. The largest absolute Gasteiger partial charge is 0.325 e. The number of carbonyl (C=O) groups is 1. The molecule has 1 aromatic carbocycles. The molecule has 1 amide bonds. The van der Waals surface area contributed by atoms with Gasteiger partial charge in [-0.05, 0) is 43.9 Å². The fourth-order valence-electron chi connectivity index (χ4n) is 2.44. The summed E-state index contributed by atoms with van der Waals surface area (Å²) in [6, 6.07) is 9.20. The van der Waals surface area contributed by atoms with E-state index in [4.69, 9.17) is 5.26 Å². The Labute approximate surface area is 126 Å². The van der Waals surface area contributed by atoms with Gasteiger partial charge in [0.25, 0.3) is 0 Å². The lowest BCUT2D eigenvalue weighted by Gasteiger charge is -2.21. The molecule has 1 N–H and O–H groups in total. The number of para-hydroxylation sites is 1. The van der Waals surface area contributed by atoms with Crippen LogP contribution in [0.1, 0.15) is 38.2 Å². The Hall–Kier alpha value is -1.86. The molecule has 0 spiro atoms. The number of nitrogens with zero attached hydrogens (tertiary/aromatic N) is 2. The SMILES string of the molecule is CCCN(CCC(=O)Nc1ccccc1C#N)CC1CC1. The van der Waals surface area contributed by atoms with Crippen LogP contribution in [0, 0.1) is 17.2 Å². The normalized spacial score (nSPS) is 14.0. The van der Waals surface area contributed by atoms with Gasteiger partial charge in [-0.1, -0.05) is 19.1 Å². The summed E-state index contributed by atoms with van der Waals surface area (Å²) in [5.74, 6) is 0.827. The zero-order valence-electron chi connectivity index (χ0n) is 12.6. The molecule has 112 valence electrons. The molecular weight excluding hydrogens is 262 g/mol. The van der Waals surface area contributed by atoms with Crippen LogP contribution < -0.4 is 5.32 Å². The van der Waals surface area contributed by atoms with Crippen molar-refractivity contribution in [1.29, 1.82) is 5.26 Å². The predicted molar refractivity (Wildman–Crippen MR) is 83.9 cm³/mol. The van der Waals surface area contributed by atoms with E-state index in [9.17, 15) is 4.79 Å². The van der Waals surface area contributed by atoms with Crippen LogP contribution in [0.5, 0.6) is 0 Å². The summed E-state index contributed by atoms with van der Waals surface area (Å²) in [5.41, 5.74) is 1.11. The molecule has 0 aromatic heterocycles. The molecule has 2 rings (SSSR count). The first-order chi connectivity index (χ1) is 10.2. The lowest BCUT2D eigenvalue weighted by atomic mass is 10.2. The number of hydrogen-bond donors (Lipinski definition) is 1. The van der Waals surface area contributed by atoms with Crippen molar-refractivity contribution in [2.45, 2.75) is 32.6 Å². The fraction of sp³-hybridized carbons (Fsp3) is 0.529. The number of amides is 1. The second-order valence-corrected chi connectivity index (χ2v) is 5.70. The Morgan fingerprint density at radius 2 is 2.14 bits per heavy atom. The molecule has 1 aliphatic rings. The molecule has 0 heterocycles. The Morgan fingerprint density at radius 3 is 2.81 bits per heavy atom. The Balaban J connectivity index is 1.81. The molecule has 0 bridgehead atoms. The van der Waals surface area contributed by atoms with Gasteiger partial charge in [0.2, 0.25) is 5.91 Å². The van der Waals surface area contributed by atoms with Gasteiger partial charge in [-0.25, -0.2) is 0 Å². The van der Waals surface area contributed by atoms with Gasteiger partial charge in [-0.2, -0.15) is 5.26 Å². The summed E-state index contributed by atoms with van der Waals surface area (Å²) >= 11 is 0. The van der Waals surface area contributed by atoms with Crippen LogP contribution in [0.2, 0.25) is 0 Å². The van der Waals surface area contributed by atoms with Gasteiger partial charge in [0, 0.05) is 19.5 Å². The quantitative estimate of drug-likeness (QED) is 0.799. The summed E-state index contributed by atoms with van der Waals surface area (Å²) < 4.78 is 0. The van der Waals surface area contributed by atoms with Gasteiger partial charge in [0.1, 0.15) is 6.07 Å². The van der Waals surface area contributed by atoms with Crippen molar-refractivity contribution < 1.29 is 4.79 Å². The minimum absolute atomic E-state index is 0.0189. The third-order valence-corrected chi connectivity index (χ3v) is 3.73. The van der Waals surface area contributed by atoms with Crippen molar-refractivity contribution in [3.05, 3.63) is 29.8 Å². The average Bonchev–Trinajstić information content (AvgIpc) is 3.29. The molecule has 1 aromatic rings. The number of benzene rings is 1. The molecule has 1 fully saturated rings. The maximum Gasteiger partial charge on any atom is 0.225 e. The zero-order valence-corrected chi connectivity index (χ0v) is 12.6. The van der Waals surface area contributed by atoms with Crippen LogP contribution in [0.4, 0.5) is 5.69 Å². The van der Waals surface area contributed by atoms with Crippen LogP contribution in [0.3, 0.4) is 0 Å². The lowest BCUT2D eigenvalue weighted by Crippen LogP contribution is -2.30. The van der Waals surface area contributed by atoms with Crippen molar-refractivity contribution in [2.75, 3.05) is 25.0 Å². The molecule has 0 saturated heterocycles. The van der Waals surface area contributed by atoms with E-state index in [0.29, 0.717) is 17.7 Å². The Bertz CT molecular complexity index is 517. The van der Waals surface area contributed by atoms with E-state index in [1.807, 2.05) is 6.07 Å². The Morgan fingerprint density at radius 1 is 1.38 bits per heavy atom. The van der Waals surface area contributed by atoms with Crippen LogP contribution in [0.15, 0.2) is 24.3 Å². The molecule has 1 saturated carbocycles. The topological polar surface area (TPSA) is 56.1 Å². The van der Waals surface area contributed by atoms with Gasteiger partial charge in [0.15, 0.2) is 0 Å². The van der Waals surface area contributed by atoms with E-state index < -0.39 is 0 Å². The molecule has 0 radical (unpaired) electrons. The van der Waals surface area contributed by atoms with Crippen molar-refractivity contribution in [3.8, 4) is 6.07 Å². The highest BCUT2D eigenvalue weighted by atomic mass is 16.1. The molecule has 0 aliphatic heterocycles. The van der Waals surface area contributed by atoms with Crippen LogP contribution >= 0.6 is 0 Å². The van der Waals surface area contributed by atoms with Gasteiger partial charge in [-0.3, -0.25) is 4.79 Å². The summed E-state index contributed by atoms with van der Waals surface area (Å²) in [7, 11) is 0.